The van der Waals surface area contributed by atoms with Crippen molar-refractivity contribution in [3.05, 3.63) is 89.2 Å². The fourth-order valence-electron chi connectivity index (χ4n) is 2.69. The van der Waals surface area contributed by atoms with Gasteiger partial charge in [0.25, 0.3) is 0 Å². The topological polar surface area (TPSA) is 72.0 Å². The number of anilines is 3. The van der Waals surface area contributed by atoms with Gasteiger partial charge in [-0.2, -0.15) is 0 Å². The van der Waals surface area contributed by atoms with E-state index in [1.54, 1.807) is 17.5 Å². The molecule has 0 saturated heterocycles. The van der Waals surface area contributed by atoms with Gasteiger partial charge in [-0.15, -0.1) is 11.3 Å². The second-order valence-corrected chi connectivity index (χ2v) is 7.31. The number of benzene rings is 1. The predicted molar refractivity (Wildman–Crippen MR) is 117 cm³/mol. The first-order valence-electron chi connectivity index (χ1n) is 9.26. The summed E-state index contributed by atoms with van der Waals surface area (Å²) in [6.07, 6.45) is 3.59. The van der Waals surface area contributed by atoms with E-state index >= 15 is 0 Å². The molecule has 0 radical (unpaired) electrons. The molecule has 0 aliphatic heterocycles. The van der Waals surface area contributed by atoms with Crippen LogP contribution in [0.25, 0.3) is 0 Å². The number of nitrogens with one attached hydrogen (secondary N) is 2. The average molecular weight is 404 g/mol. The van der Waals surface area contributed by atoms with Crippen molar-refractivity contribution in [1.29, 1.82) is 0 Å². The molecule has 146 valence electrons. The Morgan fingerprint density at radius 2 is 1.86 bits per heavy atom. The Hall–Kier alpha value is -3.45. The van der Waals surface area contributed by atoms with Crippen LogP contribution in [0.3, 0.4) is 0 Å². The normalized spacial score (nSPS) is 10.5. The highest BCUT2D eigenvalue weighted by molar-refractivity contribution is 7.13. The average Bonchev–Trinajstić information content (AvgIpc) is 3.18. The fourth-order valence-corrected chi connectivity index (χ4v) is 3.38. The number of aryl methyl sites for hydroxylation is 1. The fraction of sp³-hybridized carbons (Fsp3) is 0.136. The van der Waals surface area contributed by atoms with Gasteiger partial charge in [-0.25, -0.2) is 15.0 Å². The molecular weight excluding hydrogens is 382 g/mol. The van der Waals surface area contributed by atoms with Gasteiger partial charge in [0.1, 0.15) is 12.4 Å². The lowest BCUT2D eigenvalue weighted by molar-refractivity contribution is 0.306. The number of nitrogens with zero attached hydrogens (tertiary/aromatic N) is 3. The van der Waals surface area contributed by atoms with Crippen LogP contribution in [0.2, 0.25) is 0 Å². The van der Waals surface area contributed by atoms with Gasteiger partial charge in [-0.05, 0) is 36.2 Å². The first-order valence-corrected chi connectivity index (χ1v) is 10.1. The van der Waals surface area contributed by atoms with Gasteiger partial charge in [-0.3, -0.25) is 0 Å². The number of hydrogen-bond acceptors (Lipinski definition) is 7. The van der Waals surface area contributed by atoms with Crippen LogP contribution in [-0.2, 0) is 13.2 Å². The van der Waals surface area contributed by atoms with Crippen LogP contribution in [0.5, 0.6) is 5.75 Å². The first kappa shape index (κ1) is 18.9. The summed E-state index contributed by atoms with van der Waals surface area (Å²) in [5.74, 6) is 2.15. The molecule has 4 aromatic rings. The Labute approximate surface area is 173 Å². The molecule has 0 bridgehead atoms. The number of ether oxygens (including phenoxy) is 1. The van der Waals surface area contributed by atoms with Crippen molar-refractivity contribution in [3.8, 4) is 5.75 Å². The Morgan fingerprint density at radius 3 is 2.62 bits per heavy atom. The summed E-state index contributed by atoms with van der Waals surface area (Å²) in [5, 5.41) is 9.35. The van der Waals surface area contributed by atoms with Gasteiger partial charge >= 0.3 is 0 Å². The Bertz CT molecular complexity index is 1050. The van der Waals surface area contributed by atoms with E-state index < -0.39 is 0 Å². The number of aromatic nitrogens is 3. The molecule has 0 spiro atoms. The van der Waals surface area contributed by atoms with Gasteiger partial charge in [0.05, 0.1) is 5.69 Å². The maximum atomic E-state index is 6.10. The van der Waals surface area contributed by atoms with Gasteiger partial charge in [-0.1, -0.05) is 36.4 Å². The molecule has 0 aliphatic rings. The minimum absolute atomic E-state index is 0.464. The molecule has 3 heterocycles. The van der Waals surface area contributed by atoms with E-state index in [9.17, 15) is 0 Å². The van der Waals surface area contributed by atoms with Crippen molar-refractivity contribution in [1.82, 2.24) is 15.0 Å². The summed E-state index contributed by atoms with van der Waals surface area (Å²) in [5.41, 5.74) is 3.07. The van der Waals surface area contributed by atoms with Crippen molar-refractivity contribution in [3.63, 3.8) is 0 Å². The smallest absolute Gasteiger partial charge is 0.188 e. The predicted octanol–water partition coefficient (Wildman–Crippen LogP) is 5.18. The maximum Gasteiger partial charge on any atom is 0.188 e. The van der Waals surface area contributed by atoms with E-state index in [4.69, 9.17) is 4.74 Å². The number of thiazole rings is 1. The Balaban J connectivity index is 1.52. The van der Waals surface area contributed by atoms with Crippen LogP contribution >= 0.6 is 11.3 Å². The lowest BCUT2D eigenvalue weighted by atomic mass is 10.2. The monoisotopic (exact) mass is 403 g/mol. The molecule has 0 unspecified atom stereocenters. The van der Waals surface area contributed by atoms with Crippen LogP contribution in [0.4, 0.5) is 16.8 Å². The highest BCUT2D eigenvalue weighted by Crippen LogP contribution is 2.29. The molecular formula is C22H21N5OS. The standard InChI is InChI=1S/C22H21N5OS/c1-16-15-29-22(26-16)27-21-19(28-14-17-7-3-2-4-8-17)11-18(13-25-21)12-24-20-9-5-6-10-23-20/h2-11,13,15H,12,14H2,1H3,(H,23,24)(H,25,26,27). The van der Waals surface area contributed by atoms with Crippen molar-refractivity contribution >= 4 is 28.1 Å². The van der Waals surface area contributed by atoms with Crippen molar-refractivity contribution in [2.24, 2.45) is 0 Å². The summed E-state index contributed by atoms with van der Waals surface area (Å²) in [4.78, 5) is 13.3. The van der Waals surface area contributed by atoms with E-state index in [0.717, 1.165) is 27.8 Å². The quantitative estimate of drug-likeness (QED) is 0.423. The highest BCUT2D eigenvalue weighted by atomic mass is 32.1. The van der Waals surface area contributed by atoms with Gasteiger partial charge in [0.2, 0.25) is 0 Å². The third kappa shape index (κ3) is 5.30. The lowest BCUT2D eigenvalue weighted by Crippen LogP contribution is -2.05. The van der Waals surface area contributed by atoms with Crippen LogP contribution in [-0.4, -0.2) is 15.0 Å². The summed E-state index contributed by atoms with van der Waals surface area (Å²) < 4.78 is 6.10. The molecule has 6 nitrogen and oxygen atoms in total. The zero-order valence-electron chi connectivity index (χ0n) is 16.0. The second-order valence-electron chi connectivity index (χ2n) is 6.45. The first-order chi connectivity index (χ1) is 14.3. The number of rotatable bonds is 8. The SMILES string of the molecule is Cc1csc(Nc2ncc(CNc3ccccn3)cc2OCc2ccccc2)n1. The summed E-state index contributed by atoms with van der Waals surface area (Å²) >= 11 is 1.54. The van der Waals surface area contributed by atoms with Crippen LogP contribution < -0.4 is 15.4 Å². The van der Waals surface area contributed by atoms with E-state index in [2.05, 4.69) is 25.6 Å². The molecule has 0 amide bonds. The van der Waals surface area contributed by atoms with Crippen LogP contribution in [0.1, 0.15) is 16.8 Å². The van der Waals surface area contributed by atoms with Gasteiger partial charge < -0.3 is 15.4 Å². The van der Waals surface area contributed by atoms with Crippen molar-refractivity contribution < 1.29 is 4.74 Å². The second kappa shape index (κ2) is 9.16. The summed E-state index contributed by atoms with van der Waals surface area (Å²) in [6.45, 7) is 3.03. The van der Waals surface area contributed by atoms with Crippen LogP contribution in [0, 0.1) is 6.92 Å². The highest BCUT2D eigenvalue weighted by Gasteiger charge is 2.10. The summed E-state index contributed by atoms with van der Waals surface area (Å²) in [7, 11) is 0. The molecule has 0 saturated carbocycles. The van der Waals surface area contributed by atoms with E-state index in [0.29, 0.717) is 24.7 Å². The van der Waals surface area contributed by atoms with E-state index in [1.807, 2.05) is 73.1 Å². The van der Waals surface area contributed by atoms with E-state index in [-0.39, 0.29) is 0 Å². The summed E-state index contributed by atoms with van der Waals surface area (Å²) in [6, 6.07) is 17.8. The minimum atomic E-state index is 0.464. The molecule has 0 atom stereocenters. The van der Waals surface area contributed by atoms with E-state index in [1.165, 1.54) is 0 Å². The van der Waals surface area contributed by atoms with Crippen molar-refractivity contribution in [2.45, 2.75) is 20.1 Å². The number of pyridine rings is 2. The van der Waals surface area contributed by atoms with Crippen LogP contribution in [0.15, 0.2) is 72.4 Å². The lowest BCUT2D eigenvalue weighted by Gasteiger charge is -2.13. The molecule has 4 rings (SSSR count). The largest absolute Gasteiger partial charge is 0.485 e. The zero-order chi connectivity index (χ0) is 19.9. The Morgan fingerprint density at radius 1 is 1.00 bits per heavy atom. The van der Waals surface area contributed by atoms with Crippen molar-refractivity contribution in [2.75, 3.05) is 10.6 Å². The molecule has 2 N–H and O–H groups in total. The maximum absolute atomic E-state index is 6.10. The zero-order valence-corrected chi connectivity index (χ0v) is 16.8. The molecule has 29 heavy (non-hydrogen) atoms. The molecule has 0 aliphatic carbocycles. The van der Waals surface area contributed by atoms with Gasteiger partial charge in [0.15, 0.2) is 16.7 Å². The molecule has 1 aromatic carbocycles. The number of hydrogen-bond donors (Lipinski definition) is 2. The molecule has 0 fully saturated rings. The Kier molecular flexibility index (Phi) is 5.97. The molecule has 7 heteroatoms. The third-order valence-corrected chi connectivity index (χ3v) is 5.00. The third-order valence-electron chi connectivity index (χ3n) is 4.13. The van der Waals surface area contributed by atoms with Gasteiger partial charge in [0, 0.05) is 24.3 Å². The minimum Gasteiger partial charge on any atom is -0.485 e. The molecule has 3 aromatic heterocycles.